The average Bonchev–Trinajstić information content (AvgIpc) is 2.96. The Morgan fingerprint density at radius 3 is 2.88 bits per heavy atom. The molecule has 2 bridgehead atoms. The van der Waals surface area contributed by atoms with Gasteiger partial charge in [-0.3, -0.25) is 0 Å². The fourth-order valence-electron chi connectivity index (χ4n) is 3.33. The fraction of sp³-hybridized carbons (Fsp3) is 0.533. The van der Waals surface area contributed by atoms with Crippen molar-refractivity contribution in [2.24, 2.45) is 5.92 Å². The largest absolute Gasteiger partial charge is 0.364 e. The van der Waals surface area contributed by atoms with E-state index < -0.39 is 5.60 Å². The standard InChI is InChI=1S/C15H18O2/c16-11-15-9-8-14(17-15)10-13(15)7-6-12-4-2-1-3-5-12/h1-5,11,13-14H,6-10H2/t13-,14-,15-/m1/s1. The van der Waals surface area contributed by atoms with Crippen LogP contribution in [0.4, 0.5) is 0 Å². The second-order valence-corrected chi connectivity index (χ2v) is 5.31. The van der Waals surface area contributed by atoms with E-state index in [0.29, 0.717) is 12.0 Å². The van der Waals surface area contributed by atoms with Gasteiger partial charge in [0.25, 0.3) is 0 Å². The van der Waals surface area contributed by atoms with Crippen LogP contribution < -0.4 is 0 Å². The van der Waals surface area contributed by atoms with Gasteiger partial charge in [-0.1, -0.05) is 30.3 Å². The van der Waals surface area contributed by atoms with Gasteiger partial charge < -0.3 is 9.53 Å². The molecule has 2 nitrogen and oxygen atoms in total. The Balaban J connectivity index is 1.65. The van der Waals surface area contributed by atoms with Crippen molar-refractivity contribution in [3.8, 4) is 0 Å². The lowest BCUT2D eigenvalue weighted by molar-refractivity contribution is -0.127. The van der Waals surface area contributed by atoms with Crippen LogP contribution in [0.1, 0.15) is 31.2 Å². The van der Waals surface area contributed by atoms with Crippen molar-refractivity contribution in [3.05, 3.63) is 35.9 Å². The molecule has 0 amide bonds. The smallest absolute Gasteiger partial charge is 0.152 e. The van der Waals surface area contributed by atoms with Crippen molar-refractivity contribution in [1.29, 1.82) is 0 Å². The summed E-state index contributed by atoms with van der Waals surface area (Å²) in [7, 11) is 0. The molecular weight excluding hydrogens is 212 g/mol. The molecule has 1 aromatic carbocycles. The molecule has 3 atom stereocenters. The van der Waals surface area contributed by atoms with E-state index in [2.05, 4.69) is 24.3 Å². The Kier molecular flexibility index (Phi) is 2.75. The summed E-state index contributed by atoms with van der Waals surface area (Å²) in [5, 5.41) is 0. The van der Waals surface area contributed by atoms with E-state index in [4.69, 9.17) is 4.74 Å². The first kappa shape index (κ1) is 11.0. The van der Waals surface area contributed by atoms with Crippen LogP contribution >= 0.6 is 0 Å². The molecule has 2 heterocycles. The van der Waals surface area contributed by atoms with E-state index in [-0.39, 0.29) is 0 Å². The van der Waals surface area contributed by atoms with Crippen molar-refractivity contribution in [2.45, 2.75) is 43.8 Å². The minimum Gasteiger partial charge on any atom is -0.364 e. The number of aryl methyl sites for hydroxylation is 1. The lowest BCUT2D eigenvalue weighted by atomic mass is 9.76. The van der Waals surface area contributed by atoms with Gasteiger partial charge in [-0.2, -0.15) is 0 Å². The van der Waals surface area contributed by atoms with Crippen molar-refractivity contribution < 1.29 is 9.53 Å². The highest BCUT2D eigenvalue weighted by molar-refractivity contribution is 5.64. The lowest BCUT2D eigenvalue weighted by Crippen LogP contribution is -2.35. The molecule has 0 aromatic heterocycles. The number of carbonyl (C=O) groups is 1. The van der Waals surface area contributed by atoms with Gasteiger partial charge >= 0.3 is 0 Å². The number of aldehydes is 1. The zero-order valence-electron chi connectivity index (χ0n) is 9.97. The molecule has 17 heavy (non-hydrogen) atoms. The Morgan fingerprint density at radius 1 is 1.35 bits per heavy atom. The van der Waals surface area contributed by atoms with Crippen LogP contribution in [-0.4, -0.2) is 18.0 Å². The second-order valence-electron chi connectivity index (χ2n) is 5.31. The first-order chi connectivity index (χ1) is 8.32. The summed E-state index contributed by atoms with van der Waals surface area (Å²) in [4.78, 5) is 11.3. The van der Waals surface area contributed by atoms with Crippen LogP contribution in [0.25, 0.3) is 0 Å². The molecule has 90 valence electrons. The van der Waals surface area contributed by atoms with Gasteiger partial charge in [0, 0.05) is 0 Å². The molecule has 0 N–H and O–H groups in total. The molecule has 0 spiro atoms. The number of rotatable bonds is 4. The third kappa shape index (κ3) is 1.91. The summed E-state index contributed by atoms with van der Waals surface area (Å²) in [6.45, 7) is 0. The maximum absolute atomic E-state index is 11.3. The Hall–Kier alpha value is -1.15. The SMILES string of the molecule is O=C[C@]12CC[C@H](C[C@H]1CCc1ccccc1)O2. The average molecular weight is 230 g/mol. The number of carbonyl (C=O) groups excluding carboxylic acids is 1. The van der Waals surface area contributed by atoms with Gasteiger partial charge in [0.2, 0.25) is 0 Å². The predicted octanol–water partition coefficient (Wildman–Crippen LogP) is 2.76. The molecule has 2 heteroatoms. The predicted molar refractivity (Wildman–Crippen MR) is 65.8 cm³/mol. The molecule has 0 aliphatic carbocycles. The number of fused-ring (bicyclic) bond motifs is 2. The van der Waals surface area contributed by atoms with Gasteiger partial charge in [0.1, 0.15) is 5.60 Å². The van der Waals surface area contributed by atoms with Crippen LogP contribution in [0.15, 0.2) is 30.3 Å². The zero-order chi connectivity index (χ0) is 11.7. The highest BCUT2D eigenvalue weighted by Crippen LogP contribution is 2.48. The van der Waals surface area contributed by atoms with Crippen molar-refractivity contribution in [3.63, 3.8) is 0 Å². The van der Waals surface area contributed by atoms with Gasteiger partial charge in [0.05, 0.1) is 6.10 Å². The highest BCUT2D eigenvalue weighted by atomic mass is 16.5. The topological polar surface area (TPSA) is 26.3 Å². The van der Waals surface area contributed by atoms with Crippen molar-refractivity contribution >= 4 is 6.29 Å². The fourth-order valence-corrected chi connectivity index (χ4v) is 3.33. The molecule has 0 saturated carbocycles. The molecule has 2 fully saturated rings. The third-order valence-corrected chi connectivity index (χ3v) is 4.31. The van der Waals surface area contributed by atoms with E-state index in [1.807, 2.05) is 6.07 Å². The van der Waals surface area contributed by atoms with Gasteiger partial charge in [-0.25, -0.2) is 0 Å². The Bertz CT molecular complexity index is 401. The summed E-state index contributed by atoms with van der Waals surface area (Å²) in [6.07, 6.45) is 6.61. The van der Waals surface area contributed by atoms with Gasteiger partial charge in [-0.05, 0) is 43.6 Å². The quantitative estimate of drug-likeness (QED) is 0.743. The second kappa shape index (κ2) is 4.26. The number of benzene rings is 1. The van der Waals surface area contributed by atoms with Crippen LogP contribution in [0.5, 0.6) is 0 Å². The highest BCUT2D eigenvalue weighted by Gasteiger charge is 2.52. The van der Waals surface area contributed by atoms with E-state index in [1.54, 1.807) is 0 Å². The van der Waals surface area contributed by atoms with E-state index in [1.165, 1.54) is 5.56 Å². The minimum atomic E-state index is -0.431. The van der Waals surface area contributed by atoms with Crippen molar-refractivity contribution in [2.75, 3.05) is 0 Å². The van der Waals surface area contributed by atoms with Crippen LogP contribution in [-0.2, 0) is 16.0 Å². The third-order valence-electron chi connectivity index (χ3n) is 4.31. The summed E-state index contributed by atoms with van der Waals surface area (Å²) < 4.78 is 5.84. The number of hydrogen-bond acceptors (Lipinski definition) is 2. The normalized spacial score (nSPS) is 35.1. The van der Waals surface area contributed by atoms with Crippen LogP contribution in [0.3, 0.4) is 0 Å². The first-order valence-corrected chi connectivity index (χ1v) is 6.50. The van der Waals surface area contributed by atoms with E-state index in [9.17, 15) is 4.79 Å². The number of hydrogen-bond donors (Lipinski definition) is 0. The van der Waals surface area contributed by atoms with Crippen LogP contribution in [0, 0.1) is 5.92 Å². The zero-order valence-corrected chi connectivity index (χ0v) is 9.97. The molecule has 0 unspecified atom stereocenters. The molecule has 0 radical (unpaired) electrons. The van der Waals surface area contributed by atoms with E-state index in [0.717, 1.165) is 38.4 Å². The Labute approximate surface area is 102 Å². The maximum Gasteiger partial charge on any atom is 0.152 e. The van der Waals surface area contributed by atoms with E-state index >= 15 is 0 Å². The summed E-state index contributed by atoms with van der Waals surface area (Å²) >= 11 is 0. The summed E-state index contributed by atoms with van der Waals surface area (Å²) in [5.74, 6) is 0.430. The first-order valence-electron chi connectivity index (χ1n) is 6.50. The maximum atomic E-state index is 11.3. The summed E-state index contributed by atoms with van der Waals surface area (Å²) in [5.41, 5.74) is 0.927. The minimum absolute atomic E-state index is 0.348. The number of ether oxygens (including phenoxy) is 1. The molecule has 2 aliphatic rings. The summed E-state index contributed by atoms with van der Waals surface area (Å²) in [6, 6.07) is 10.5. The molecule has 2 aliphatic heterocycles. The van der Waals surface area contributed by atoms with Gasteiger partial charge in [0.15, 0.2) is 6.29 Å². The lowest BCUT2D eigenvalue weighted by Gasteiger charge is -2.27. The molecule has 1 aromatic rings. The molecule has 3 rings (SSSR count). The van der Waals surface area contributed by atoms with Crippen molar-refractivity contribution in [1.82, 2.24) is 0 Å². The van der Waals surface area contributed by atoms with Crippen LogP contribution in [0.2, 0.25) is 0 Å². The molecule has 2 saturated heterocycles. The monoisotopic (exact) mass is 230 g/mol. The Morgan fingerprint density at radius 2 is 2.18 bits per heavy atom. The molecular formula is C15H18O2. The van der Waals surface area contributed by atoms with Gasteiger partial charge in [-0.15, -0.1) is 0 Å².